The zero-order valence-corrected chi connectivity index (χ0v) is 13.2. The molecule has 0 unspecified atom stereocenters. The highest BCUT2D eigenvalue weighted by Gasteiger charge is 2.29. The van der Waals surface area contributed by atoms with Crippen LogP contribution in [0.25, 0.3) is 0 Å². The molecule has 1 N–H and O–H groups in total. The summed E-state index contributed by atoms with van der Waals surface area (Å²) >= 11 is 0. The molecule has 124 valence electrons. The van der Waals surface area contributed by atoms with E-state index >= 15 is 0 Å². The van der Waals surface area contributed by atoms with Crippen LogP contribution in [0.5, 0.6) is 11.5 Å². The van der Waals surface area contributed by atoms with E-state index in [1.54, 1.807) is 24.3 Å². The summed E-state index contributed by atoms with van der Waals surface area (Å²) in [6.45, 7) is 1.55. The maximum atomic E-state index is 12.0. The molecule has 0 bridgehead atoms. The second kappa shape index (κ2) is 7.04. The van der Waals surface area contributed by atoms with Crippen molar-refractivity contribution >= 4 is 17.6 Å². The smallest absolute Gasteiger partial charge is 0.351 e. The molecule has 0 saturated heterocycles. The molecule has 1 amide bonds. The topological polar surface area (TPSA) is 73.9 Å². The molecule has 0 aromatic heterocycles. The van der Waals surface area contributed by atoms with Crippen molar-refractivity contribution in [3.8, 4) is 11.5 Å². The normalized spacial score (nSPS) is 15.5. The SMILES string of the molecule is Cc1ccccc1NC(=O)COC(=O)[C@H]1COc2ccccc2O1. The van der Waals surface area contributed by atoms with Gasteiger partial charge in [-0.1, -0.05) is 30.3 Å². The predicted molar refractivity (Wildman–Crippen MR) is 87.1 cm³/mol. The van der Waals surface area contributed by atoms with Gasteiger partial charge in [-0.15, -0.1) is 0 Å². The molecule has 1 heterocycles. The average molecular weight is 327 g/mol. The number of benzene rings is 2. The van der Waals surface area contributed by atoms with E-state index in [4.69, 9.17) is 14.2 Å². The molecule has 0 aliphatic carbocycles. The maximum Gasteiger partial charge on any atom is 0.351 e. The van der Waals surface area contributed by atoms with Crippen LogP contribution >= 0.6 is 0 Å². The van der Waals surface area contributed by atoms with Crippen molar-refractivity contribution in [2.45, 2.75) is 13.0 Å². The van der Waals surface area contributed by atoms with Gasteiger partial charge in [0.15, 0.2) is 18.1 Å². The summed E-state index contributed by atoms with van der Waals surface area (Å²) in [5.74, 6) is 0.0214. The van der Waals surface area contributed by atoms with Gasteiger partial charge in [-0.2, -0.15) is 0 Å². The Balaban J connectivity index is 1.51. The van der Waals surface area contributed by atoms with Gasteiger partial charge in [0.05, 0.1) is 0 Å². The lowest BCUT2D eigenvalue weighted by molar-refractivity contribution is -0.156. The molecular formula is C18H17NO5. The number of ether oxygens (including phenoxy) is 3. The molecular weight excluding hydrogens is 310 g/mol. The minimum absolute atomic E-state index is 0.0509. The molecule has 0 saturated carbocycles. The summed E-state index contributed by atoms with van der Waals surface area (Å²) in [7, 11) is 0. The highest BCUT2D eigenvalue weighted by molar-refractivity contribution is 5.93. The van der Waals surface area contributed by atoms with Crippen LogP contribution in [0.1, 0.15) is 5.56 Å². The Morgan fingerprint density at radius 2 is 1.83 bits per heavy atom. The summed E-state index contributed by atoms with van der Waals surface area (Å²) in [5, 5.41) is 2.70. The van der Waals surface area contributed by atoms with E-state index in [1.165, 1.54) is 0 Å². The fourth-order valence-electron chi connectivity index (χ4n) is 2.26. The molecule has 0 spiro atoms. The number of hydrogen-bond acceptors (Lipinski definition) is 5. The first kappa shape index (κ1) is 15.9. The lowest BCUT2D eigenvalue weighted by atomic mass is 10.2. The van der Waals surface area contributed by atoms with Gasteiger partial charge >= 0.3 is 5.97 Å². The number of nitrogens with one attached hydrogen (secondary N) is 1. The fourth-order valence-corrected chi connectivity index (χ4v) is 2.26. The van der Waals surface area contributed by atoms with Gasteiger partial charge in [0, 0.05) is 5.69 Å². The minimum Gasteiger partial charge on any atom is -0.485 e. The Hall–Kier alpha value is -3.02. The number of esters is 1. The highest BCUT2D eigenvalue weighted by Crippen LogP contribution is 2.31. The summed E-state index contributed by atoms with van der Waals surface area (Å²) in [4.78, 5) is 23.9. The first-order valence-electron chi connectivity index (χ1n) is 7.54. The third-order valence-electron chi connectivity index (χ3n) is 3.54. The van der Waals surface area contributed by atoms with Gasteiger partial charge in [0.25, 0.3) is 5.91 Å². The molecule has 6 nitrogen and oxygen atoms in total. The molecule has 3 rings (SSSR count). The van der Waals surface area contributed by atoms with Gasteiger partial charge in [0.2, 0.25) is 6.10 Å². The third-order valence-corrected chi connectivity index (χ3v) is 3.54. The van der Waals surface area contributed by atoms with Crippen molar-refractivity contribution in [1.82, 2.24) is 0 Å². The van der Waals surface area contributed by atoms with Crippen molar-refractivity contribution in [3.05, 3.63) is 54.1 Å². The number of amides is 1. The van der Waals surface area contributed by atoms with E-state index in [0.29, 0.717) is 17.2 Å². The second-order valence-electron chi connectivity index (χ2n) is 5.34. The van der Waals surface area contributed by atoms with Crippen LogP contribution in [-0.2, 0) is 14.3 Å². The highest BCUT2D eigenvalue weighted by atomic mass is 16.6. The largest absolute Gasteiger partial charge is 0.485 e. The summed E-state index contributed by atoms with van der Waals surface area (Å²) in [6.07, 6.45) is -0.883. The van der Waals surface area contributed by atoms with Crippen molar-refractivity contribution < 1.29 is 23.8 Å². The molecule has 0 fully saturated rings. The summed E-state index contributed by atoms with van der Waals surface area (Å²) < 4.78 is 16.0. The standard InChI is InChI=1S/C18H17NO5/c1-12-6-2-3-7-13(12)19-17(20)11-23-18(21)16-10-22-14-8-4-5-9-15(14)24-16/h2-9,16H,10-11H2,1H3,(H,19,20)/t16-/m1/s1. The van der Waals surface area contributed by atoms with Crippen LogP contribution in [0.15, 0.2) is 48.5 Å². The molecule has 6 heteroatoms. The monoisotopic (exact) mass is 327 g/mol. The Kier molecular flexibility index (Phi) is 4.65. The molecule has 1 aliphatic heterocycles. The van der Waals surface area contributed by atoms with Crippen LogP contribution in [0.2, 0.25) is 0 Å². The van der Waals surface area contributed by atoms with E-state index in [0.717, 1.165) is 5.56 Å². The van der Waals surface area contributed by atoms with Crippen LogP contribution in [-0.4, -0.2) is 31.2 Å². The first-order chi connectivity index (χ1) is 11.6. The van der Waals surface area contributed by atoms with E-state index in [1.807, 2.05) is 31.2 Å². The number of hydrogen-bond donors (Lipinski definition) is 1. The van der Waals surface area contributed by atoms with Gasteiger partial charge in [-0.05, 0) is 30.7 Å². The van der Waals surface area contributed by atoms with Gasteiger partial charge in [-0.25, -0.2) is 4.79 Å². The maximum absolute atomic E-state index is 12.0. The van der Waals surface area contributed by atoms with Crippen molar-refractivity contribution in [1.29, 1.82) is 0 Å². The minimum atomic E-state index is -0.883. The Morgan fingerprint density at radius 3 is 2.62 bits per heavy atom. The Morgan fingerprint density at radius 1 is 1.12 bits per heavy atom. The zero-order chi connectivity index (χ0) is 16.9. The molecule has 24 heavy (non-hydrogen) atoms. The van der Waals surface area contributed by atoms with Crippen molar-refractivity contribution in [2.75, 3.05) is 18.5 Å². The number of carbonyl (C=O) groups excluding carboxylic acids is 2. The quantitative estimate of drug-likeness (QED) is 0.873. The van der Waals surface area contributed by atoms with E-state index in [9.17, 15) is 9.59 Å². The third kappa shape index (κ3) is 3.65. The Bertz CT molecular complexity index is 759. The van der Waals surface area contributed by atoms with Gasteiger partial charge in [0.1, 0.15) is 6.61 Å². The number of aryl methyl sites for hydroxylation is 1. The van der Waals surface area contributed by atoms with Crippen molar-refractivity contribution in [2.24, 2.45) is 0 Å². The van der Waals surface area contributed by atoms with Crippen LogP contribution in [0.3, 0.4) is 0 Å². The number of para-hydroxylation sites is 3. The van der Waals surface area contributed by atoms with E-state index in [2.05, 4.69) is 5.32 Å². The van der Waals surface area contributed by atoms with Gasteiger partial charge < -0.3 is 19.5 Å². The number of fused-ring (bicyclic) bond motifs is 1. The van der Waals surface area contributed by atoms with Crippen LogP contribution in [0, 0.1) is 6.92 Å². The molecule has 1 aliphatic rings. The van der Waals surface area contributed by atoms with E-state index < -0.39 is 18.0 Å². The fraction of sp³-hybridized carbons (Fsp3) is 0.222. The molecule has 1 atom stereocenters. The lowest BCUT2D eigenvalue weighted by Gasteiger charge is -2.24. The second-order valence-corrected chi connectivity index (χ2v) is 5.34. The number of carbonyl (C=O) groups is 2. The summed E-state index contributed by atoms with van der Waals surface area (Å²) in [5.41, 5.74) is 1.61. The first-order valence-corrected chi connectivity index (χ1v) is 7.54. The lowest BCUT2D eigenvalue weighted by Crippen LogP contribution is -2.39. The van der Waals surface area contributed by atoms with Crippen molar-refractivity contribution in [3.63, 3.8) is 0 Å². The van der Waals surface area contributed by atoms with Crippen LogP contribution < -0.4 is 14.8 Å². The molecule has 2 aromatic carbocycles. The number of anilines is 1. The molecule has 0 radical (unpaired) electrons. The summed E-state index contributed by atoms with van der Waals surface area (Å²) in [6, 6.07) is 14.4. The van der Waals surface area contributed by atoms with Gasteiger partial charge in [-0.3, -0.25) is 4.79 Å². The Labute approximate surface area is 139 Å². The number of rotatable bonds is 4. The zero-order valence-electron chi connectivity index (χ0n) is 13.2. The van der Waals surface area contributed by atoms with Crippen LogP contribution in [0.4, 0.5) is 5.69 Å². The molecule has 2 aromatic rings. The van der Waals surface area contributed by atoms with E-state index in [-0.39, 0.29) is 13.2 Å². The average Bonchev–Trinajstić information content (AvgIpc) is 2.61. The predicted octanol–water partition coefficient (Wildman–Crippen LogP) is 2.32.